The topological polar surface area (TPSA) is 37.3 Å². The fourth-order valence-corrected chi connectivity index (χ4v) is 2.69. The van der Waals surface area contributed by atoms with Crippen LogP contribution in [0.3, 0.4) is 0 Å². The van der Waals surface area contributed by atoms with E-state index in [0.717, 1.165) is 38.5 Å². The number of fused-ring (bicyclic) bond motifs is 3. The molecular formula is C10H16O2. The second-order valence-electron chi connectivity index (χ2n) is 4.90. The molecule has 0 aromatic heterocycles. The number of carbonyl (C=O) groups is 1. The molecule has 2 bridgehead atoms. The van der Waals surface area contributed by atoms with Crippen LogP contribution in [0.1, 0.15) is 45.4 Å². The molecule has 0 atom stereocenters. The highest BCUT2D eigenvalue weighted by Crippen LogP contribution is 2.56. The zero-order chi connectivity index (χ0) is 8.82. The molecule has 1 N–H and O–H groups in total. The van der Waals surface area contributed by atoms with E-state index >= 15 is 0 Å². The molecule has 0 saturated heterocycles. The molecule has 0 unspecified atom stereocenters. The van der Waals surface area contributed by atoms with Gasteiger partial charge < -0.3 is 5.11 Å². The Bertz CT molecular complexity index is 195. The van der Waals surface area contributed by atoms with Gasteiger partial charge in [0.25, 0.3) is 0 Å². The SMILES string of the molecule is CC12CCC(C(=O)O)(CC1)CC2. The third-order valence-electron chi connectivity index (χ3n) is 4.07. The number of hydrogen-bond donors (Lipinski definition) is 1. The molecule has 0 aromatic rings. The van der Waals surface area contributed by atoms with E-state index in [1.54, 1.807) is 0 Å². The smallest absolute Gasteiger partial charge is 0.309 e. The minimum Gasteiger partial charge on any atom is -0.481 e. The zero-order valence-electron chi connectivity index (χ0n) is 7.60. The normalized spacial score (nSPS) is 46.1. The highest BCUT2D eigenvalue weighted by molar-refractivity contribution is 5.75. The van der Waals surface area contributed by atoms with Crippen LogP contribution in [0, 0.1) is 10.8 Å². The molecule has 3 saturated carbocycles. The van der Waals surface area contributed by atoms with Gasteiger partial charge in [-0.1, -0.05) is 6.92 Å². The Balaban J connectivity index is 2.20. The quantitative estimate of drug-likeness (QED) is 0.653. The molecule has 2 nitrogen and oxygen atoms in total. The maximum atomic E-state index is 11.0. The van der Waals surface area contributed by atoms with E-state index in [9.17, 15) is 4.79 Å². The fourth-order valence-electron chi connectivity index (χ4n) is 2.69. The first-order valence-electron chi connectivity index (χ1n) is 4.80. The van der Waals surface area contributed by atoms with Gasteiger partial charge in [0, 0.05) is 0 Å². The summed E-state index contributed by atoms with van der Waals surface area (Å²) in [6.07, 6.45) is 6.12. The lowest BCUT2D eigenvalue weighted by molar-refractivity contribution is -0.158. The molecule has 0 radical (unpaired) electrons. The molecule has 3 aliphatic rings. The first-order chi connectivity index (χ1) is 5.56. The Morgan fingerprint density at radius 3 is 1.83 bits per heavy atom. The summed E-state index contributed by atoms with van der Waals surface area (Å²) in [6.45, 7) is 2.30. The molecule has 2 heteroatoms. The van der Waals surface area contributed by atoms with Crippen molar-refractivity contribution in [2.75, 3.05) is 0 Å². The van der Waals surface area contributed by atoms with Gasteiger partial charge in [-0.25, -0.2) is 0 Å². The molecule has 3 fully saturated rings. The van der Waals surface area contributed by atoms with Gasteiger partial charge in [-0.2, -0.15) is 0 Å². The van der Waals surface area contributed by atoms with Gasteiger partial charge in [-0.3, -0.25) is 4.79 Å². The van der Waals surface area contributed by atoms with Gasteiger partial charge in [0.05, 0.1) is 5.41 Å². The van der Waals surface area contributed by atoms with E-state index in [0.29, 0.717) is 5.41 Å². The summed E-state index contributed by atoms with van der Waals surface area (Å²) in [5.74, 6) is -0.552. The highest BCUT2D eigenvalue weighted by atomic mass is 16.4. The fraction of sp³-hybridized carbons (Fsp3) is 0.900. The van der Waals surface area contributed by atoms with E-state index in [2.05, 4.69) is 6.92 Å². The Hall–Kier alpha value is -0.530. The van der Waals surface area contributed by atoms with Crippen LogP contribution >= 0.6 is 0 Å². The average Bonchev–Trinajstić information content (AvgIpc) is 2.06. The minimum atomic E-state index is -0.552. The maximum Gasteiger partial charge on any atom is 0.309 e. The van der Waals surface area contributed by atoms with Crippen molar-refractivity contribution in [1.29, 1.82) is 0 Å². The van der Waals surface area contributed by atoms with Crippen molar-refractivity contribution < 1.29 is 9.90 Å². The van der Waals surface area contributed by atoms with Crippen LogP contribution in [-0.2, 0) is 4.79 Å². The van der Waals surface area contributed by atoms with Gasteiger partial charge in [0.2, 0.25) is 0 Å². The Morgan fingerprint density at radius 1 is 1.08 bits per heavy atom. The zero-order valence-corrected chi connectivity index (χ0v) is 7.60. The van der Waals surface area contributed by atoms with Crippen molar-refractivity contribution in [3.05, 3.63) is 0 Å². The summed E-state index contributed by atoms with van der Waals surface area (Å²) in [6, 6.07) is 0. The summed E-state index contributed by atoms with van der Waals surface area (Å²) in [4.78, 5) is 11.0. The second kappa shape index (κ2) is 2.24. The van der Waals surface area contributed by atoms with Crippen molar-refractivity contribution in [3.8, 4) is 0 Å². The molecule has 3 rings (SSSR count). The van der Waals surface area contributed by atoms with E-state index in [1.807, 2.05) is 0 Å². The standard InChI is InChI=1S/C10H16O2/c1-9-2-5-10(6-3-9,7-4-9)8(11)12/h2-7H2,1H3,(H,11,12). The predicted octanol–water partition coefficient (Wildman–Crippen LogP) is 2.43. The van der Waals surface area contributed by atoms with E-state index < -0.39 is 5.97 Å². The monoisotopic (exact) mass is 168 g/mol. The van der Waals surface area contributed by atoms with E-state index in [-0.39, 0.29) is 5.41 Å². The average molecular weight is 168 g/mol. The van der Waals surface area contributed by atoms with E-state index in [1.165, 1.54) is 0 Å². The van der Waals surface area contributed by atoms with Crippen LogP contribution in [0.15, 0.2) is 0 Å². The van der Waals surface area contributed by atoms with Gasteiger partial charge in [0.15, 0.2) is 0 Å². The maximum absolute atomic E-state index is 11.0. The van der Waals surface area contributed by atoms with Crippen LogP contribution in [-0.4, -0.2) is 11.1 Å². The van der Waals surface area contributed by atoms with Crippen LogP contribution in [0.2, 0.25) is 0 Å². The van der Waals surface area contributed by atoms with E-state index in [4.69, 9.17) is 5.11 Å². The van der Waals surface area contributed by atoms with Gasteiger partial charge in [0.1, 0.15) is 0 Å². The van der Waals surface area contributed by atoms with Crippen molar-refractivity contribution >= 4 is 5.97 Å². The number of rotatable bonds is 1. The van der Waals surface area contributed by atoms with Gasteiger partial charge in [-0.05, 0) is 43.9 Å². The van der Waals surface area contributed by atoms with Crippen LogP contribution in [0.4, 0.5) is 0 Å². The molecule has 0 aromatic carbocycles. The summed E-state index contributed by atoms with van der Waals surface area (Å²) >= 11 is 0. The molecule has 0 heterocycles. The number of carboxylic acid groups (broad SMARTS) is 1. The number of hydrogen-bond acceptors (Lipinski definition) is 1. The highest BCUT2D eigenvalue weighted by Gasteiger charge is 2.50. The molecule has 0 amide bonds. The lowest BCUT2D eigenvalue weighted by Gasteiger charge is -2.49. The van der Waals surface area contributed by atoms with Crippen LogP contribution in [0.25, 0.3) is 0 Å². The number of aliphatic carboxylic acids is 1. The molecule has 3 aliphatic carbocycles. The van der Waals surface area contributed by atoms with Crippen LogP contribution in [0.5, 0.6) is 0 Å². The van der Waals surface area contributed by atoms with Gasteiger partial charge >= 0.3 is 5.97 Å². The summed E-state index contributed by atoms with van der Waals surface area (Å²) < 4.78 is 0. The first kappa shape index (κ1) is 8.09. The number of carboxylic acids is 1. The molecule has 12 heavy (non-hydrogen) atoms. The minimum absolute atomic E-state index is 0.322. The summed E-state index contributed by atoms with van der Waals surface area (Å²) in [5.41, 5.74) is 0.162. The Labute approximate surface area is 73.0 Å². The molecule has 68 valence electrons. The summed E-state index contributed by atoms with van der Waals surface area (Å²) in [7, 11) is 0. The third-order valence-corrected chi connectivity index (χ3v) is 4.07. The van der Waals surface area contributed by atoms with Crippen molar-refractivity contribution in [2.24, 2.45) is 10.8 Å². The Kier molecular flexibility index (Phi) is 1.51. The predicted molar refractivity (Wildman–Crippen MR) is 45.9 cm³/mol. The largest absolute Gasteiger partial charge is 0.481 e. The van der Waals surface area contributed by atoms with Gasteiger partial charge in [-0.15, -0.1) is 0 Å². The second-order valence-corrected chi connectivity index (χ2v) is 4.90. The lowest BCUT2D eigenvalue weighted by Crippen LogP contribution is -2.44. The van der Waals surface area contributed by atoms with Crippen molar-refractivity contribution in [1.82, 2.24) is 0 Å². The van der Waals surface area contributed by atoms with Crippen molar-refractivity contribution in [3.63, 3.8) is 0 Å². The molecule has 0 spiro atoms. The van der Waals surface area contributed by atoms with Crippen LogP contribution < -0.4 is 0 Å². The molecular weight excluding hydrogens is 152 g/mol. The van der Waals surface area contributed by atoms with Crippen molar-refractivity contribution in [2.45, 2.75) is 45.4 Å². The Morgan fingerprint density at radius 2 is 1.50 bits per heavy atom. The first-order valence-corrected chi connectivity index (χ1v) is 4.80. The lowest BCUT2D eigenvalue weighted by atomic mass is 9.54. The third kappa shape index (κ3) is 0.970. The molecule has 0 aliphatic heterocycles. The summed E-state index contributed by atoms with van der Waals surface area (Å²) in [5, 5.41) is 9.10.